The number of nitrogens with one attached hydrogen (secondary N) is 2. The number of methoxy groups -OCH3 is 1. The quantitative estimate of drug-likeness (QED) is 0.349. The number of esters is 1. The van der Waals surface area contributed by atoms with Crippen molar-refractivity contribution in [1.29, 1.82) is 0 Å². The van der Waals surface area contributed by atoms with Crippen molar-refractivity contribution in [2.45, 2.75) is 39.0 Å². The van der Waals surface area contributed by atoms with E-state index < -0.39 is 37.2 Å². The van der Waals surface area contributed by atoms with Crippen LogP contribution in [0.2, 0.25) is 0 Å². The molecule has 35 heavy (non-hydrogen) atoms. The van der Waals surface area contributed by atoms with Crippen LogP contribution in [0.15, 0.2) is 54.6 Å². The predicted octanol–water partition coefficient (Wildman–Crippen LogP) is 1.83. The van der Waals surface area contributed by atoms with E-state index in [0.717, 1.165) is 16.6 Å². The number of alkyl carbamates (subject to hydrolysis) is 1. The van der Waals surface area contributed by atoms with Crippen molar-refractivity contribution in [3.05, 3.63) is 65.7 Å². The fourth-order valence-electron chi connectivity index (χ4n) is 3.44. The Balaban J connectivity index is 2.03. The van der Waals surface area contributed by atoms with Crippen LogP contribution in [0, 0.1) is 5.92 Å². The summed E-state index contributed by atoms with van der Waals surface area (Å²) in [5, 5.41) is 5.30. The SMILES string of the molecule is COB(OC)c1ccc(C[C@H](NC(=O)[C@@H](NC(=O)OCc2ccccc2)C(C)C)C(=O)OC)cc1. The Morgan fingerprint density at radius 1 is 0.857 bits per heavy atom. The molecule has 0 spiro atoms. The lowest BCUT2D eigenvalue weighted by molar-refractivity contribution is -0.145. The lowest BCUT2D eigenvalue weighted by Gasteiger charge is -2.24. The van der Waals surface area contributed by atoms with Crippen LogP contribution in [0.3, 0.4) is 0 Å². The highest BCUT2D eigenvalue weighted by molar-refractivity contribution is 6.61. The van der Waals surface area contributed by atoms with Gasteiger partial charge in [-0.2, -0.15) is 0 Å². The number of amides is 2. The van der Waals surface area contributed by atoms with Gasteiger partial charge in [0, 0.05) is 20.6 Å². The van der Waals surface area contributed by atoms with Crippen LogP contribution in [0.25, 0.3) is 0 Å². The van der Waals surface area contributed by atoms with E-state index >= 15 is 0 Å². The maximum absolute atomic E-state index is 13.0. The third-order valence-corrected chi connectivity index (χ3v) is 5.36. The second-order valence-electron chi connectivity index (χ2n) is 8.26. The average molecular weight is 484 g/mol. The highest BCUT2D eigenvalue weighted by atomic mass is 16.6. The zero-order valence-corrected chi connectivity index (χ0v) is 20.8. The van der Waals surface area contributed by atoms with Gasteiger partial charge in [0.15, 0.2) is 0 Å². The minimum Gasteiger partial charge on any atom is -0.467 e. The van der Waals surface area contributed by atoms with Crippen LogP contribution in [-0.2, 0) is 41.4 Å². The van der Waals surface area contributed by atoms with Gasteiger partial charge in [0.2, 0.25) is 5.91 Å². The molecule has 0 fully saturated rings. The largest absolute Gasteiger partial charge is 0.493 e. The first-order valence-electron chi connectivity index (χ1n) is 11.3. The molecule has 0 aliphatic heterocycles. The number of carbonyl (C=O) groups is 3. The average Bonchev–Trinajstić information content (AvgIpc) is 2.87. The molecule has 0 radical (unpaired) electrons. The summed E-state index contributed by atoms with van der Waals surface area (Å²) >= 11 is 0. The minimum atomic E-state index is -0.942. The molecule has 0 heterocycles. The molecule has 2 amide bonds. The molecule has 0 unspecified atom stereocenters. The molecule has 0 aliphatic rings. The van der Waals surface area contributed by atoms with Crippen LogP contribution in [-0.4, -0.2) is 58.5 Å². The first-order chi connectivity index (χ1) is 16.8. The minimum absolute atomic E-state index is 0.0763. The second kappa shape index (κ2) is 14.1. The van der Waals surface area contributed by atoms with Gasteiger partial charge in [-0.1, -0.05) is 68.4 Å². The molecule has 2 rings (SSSR count). The fraction of sp³-hybridized carbons (Fsp3) is 0.400. The van der Waals surface area contributed by atoms with Crippen LogP contribution in [0.1, 0.15) is 25.0 Å². The summed E-state index contributed by atoms with van der Waals surface area (Å²) in [6.07, 6.45) is -0.522. The topological polar surface area (TPSA) is 112 Å². The molecule has 0 aliphatic carbocycles. The summed E-state index contributed by atoms with van der Waals surface area (Å²) in [7, 11) is 3.84. The van der Waals surface area contributed by atoms with Crippen LogP contribution >= 0.6 is 0 Å². The number of hydrogen-bond donors (Lipinski definition) is 2. The van der Waals surface area contributed by atoms with Crippen LogP contribution in [0.5, 0.6) is 0 Å². The number of carbonyl (C=O) groups excluding carboxylic acids is 3. The molecular weight excluding hydrogens is 451 g/mol. The van der Waals surface area contributed by atoms with E-state index in [0.29, 0.717) is 0 Å². The van der Waals surface area contributed by atoms with E-state index in [9.17, 15) is 14.4 Å². The number of ether oxygens (including phenoxy) is 2. The molecular formula is C25H33BN2O7. The van der Waals surface area contributed by atoms with Crippen molar-refractivity contribution in [1.82, 2.24) is 10.6 Å². The van der Waals surface area contributed by atoms with Gasteiger partial charge in [-0.15, -0.1) is 0 Å². The molecule has 0 bridgehead atoms. The van der Waals surface area contributed by atoms with Gasteiger partial charge in [0.05, 0.1) is 7.11 Å². The normalized spacial score (nSPS) is 12.4. The van der Waals surface area contributed by atoms with E-state index in [4.69, 9.17) is 18.8 Å². The standard InChI is InChI=1S/C25H33BN2O7/c1-17(2)22(28-25(31)35-16-19-9-7-6-8-10-19)23(29)27-21(24(30)32-3)15-18-11-13-20(14-12-18)26(33-4)34-5/h6-14,17,21-22H,15-16H2,1-5H3,(H,27,29)(H,28,31)/t21-,22-/m0/s1. The Bertz CT molecular complexity index is 950. The zero-order valence-electron chi connectivity index (χ0n) is 20.8. The molecule has 2 atom stereocenters. The maximum atomic E-state index is 13.0. The number of hydrogen-bond acceptors (Lipinski definition) is 7. The monoisotopic (exact) mass is 484 g/mol. The van der Waals surface area contributed by atoms with Gasteiger partial charge in [-0.3, -0.25) is 4.79 Å². The first kappa shape index (κ1) is 27.9. The number of rotatable bonds is 12. The molecule has 2 aromatic rings. The highest BCUT2D eigenvalue weighted by Gasteiger charge is 2.30. The Hall–Kier alpha value is -3.37. The molecule has 2 aromatic carbocycles. The Morgan fingerprint density at radius 2 is 1.49 bits per heavy atom. The Labute approximate surface area is 206 Å². The van der Waals surface area contributed by atoms with Gasteiger partial charge in [-0.25, -0.2) is 9.59 Å². The fourth-order valence-corrected chi connectivity index (χ4v) is 3.44. The lowest BCUT2D eigenvalue weighted by Crippen LogP contribution is -2.54. The van der Waals surface area contributed by atoms with Crippen molar-refractivity contribution in [2.75, 3.05) is 21.3 Å². The molecule has 0 aromatic heterocycles. The van der Waals surface area contributed by atoms with E-state index in [1.807, 2.05) is 54.6 Å². The number of benzene rings is 2. The summed E-state index contributed by atoms with van der Waals surface area (Å²) < 4.78 is 20.6. The Kier molecular flexibility index (Phi) is 11.3. The van der Waals surface area contributed by atoms with E-state index in [2.05, 4.69) is 10.6 Å². The van der Waals surface area contributed by atoms with Crippen LogP contribution in [0.4, 0.5) is 4.79 Å². The van der Waals surface area contributed by atoms with E-state index in [1.54, 1.807) is 28.1 Å². The van der Waals surface area contributed by atoms with E-state index in [-0.39, 0.29) is 18.9 Å². The molecule has 188 valence electrons. The maximum Gasteiger partial charge on any atom is 0.493 e. The molecule has 9 nitrogen and oxygen atoms in total. The summed E-state index contributed by atoms with van der Waals surface area (Å²) in [5.41, 5.74) is 2.44. The van der Waals surface area contributed by atoms with Crippen LogP contribution < -0.4 is 16.1 Å². The lowest BCUT2D eigenvalue weighted by atomic mass is 9.78. The van der Waals surface area contributed by atoms with Gasteiger partial charge >= 0.3 is 19.2 Å². The third kappa shape index (κ3) is 8.73. The van der Waals surface area contributed by atoms with Crippen molar-refractivity contribution in [2.24, 2.45) is 5.92 Å². The summed E-state index contributed by atoms with van der Waals surface area (Å²) in [6.45, 7) is 3.65. The summed E-state index contributed by atoms with van der Waals surface area (Å²) in [4.78, 5) is 37.7. The smallest absolute Gasteiger partial charge is 0.467 e. The predicted molar refractivity (Wildman–Crippen MR) is 132 cm³/mol. The van der Waals surface area contributed by atoms with Crippen molar-refractivity contribution in [3.8, 4) is 0 Å². The van der Waals surface area contributed by atoms with Crippen molar-refractivity contribution >= 4 is 30.6 Å². The summed E-state index contributed by atoms with van der Waals surface area (Å²) in [6, 6.07) is 14.7. The van der Waals surface area contributed by atoms with Gasteiger partial charge in [0.1, 0.15) is 18.7 Å². The van der Waals surface area contributed by atoms with Gasteiger partial charge < -0.3 is 29.4 Å². The van der Waals surface area contributed by atoms with E-state index in [1.165, 1.54) is 7.11 Å². The van der Waals surface area contributed by atoms with Gasteiger partial charge in [-0.05, 0) is 22.5 Å². The van der Waals surface area contributed by atoms with Crippen molar-refractivity contribution < 1.29 is 33.2 Å². The molecule has 10 heteroatoms. The highest BCUT2D eigenvalue weighted by Crippen LogP contribution is 2.09. The molecule has 2 N–H and O–H groups in total. The third-order valence-electron chi connectivity index (χ3n) is 5.36. The zero-order chi connectivity index (χ0) is 25.8. The molecule has 0 saturated heterocycles. The summed E-state index contributed by atoms with van der Waals surface area (Å²) in [5.74, 6) is -1.36. The van der Waals surface area contributed by atoms with Crippen molar-refractivity contribution in [3.63, 3.8) is 0 Å². The Morgan fingerprint density at radius 3 is 2.03 bits per heavy atom. The first-order valence-corrected chi connectivity index (χ1v) is 11.3. The van der Waals surface area contributed by atoms with Gasteiger partial charge in [0.25, 0.3) is 0 Å². The second-order valence-corrected chi connectivity index (χ2v) is 8.26. The molecule has 0 saturated carbocycles.